The summed E-state index contributed by atoms with van der Waals surface area (Å²) in [5.41, 5.74) is 2.21. The SMILES string of the molecule is CCCCOCCCNC(=O)c1nc2ccccn2c1CN(C)C. The summed E-state index contributed by atoms with van der Waals surface area (Å²) >= 11 is 0. The largest absolute Gasteiger partial charge is 0.381 e. The first kappa shape index (κ1) is 18.4. The van der Waals surface area contributed by atoms with Gasteiger partial charge in [-0.1, -0.05) is 19.4 Å². The van der Waals surface area contributed by atoms with Gasteiger partial charge >= 0.3 is 0 Å². The molecule has 1 amide bonds. The molecule has 24 heavy (non-hydrogen) atoms. The lowest BCUT2D eigenvalue weighted by Crippen LogP contribution is -2.27. The van der Waals surface area contributed by atoms with Gasteiger partial charge in [-0.05, 0) is 39.1 Å². The van der Waals surface area contributed by atoms with Crippen molar-refractivity contribution in [1.29, 1.82) is 0 Å². The van der Waals surface area contributed by atoms with Gasteiger partial charge < -0.3 is 19.4 Å². The van der Waals surface area contributed by atoms with E-state index >= 15 is 0 Å². The Kier molecular flexibility index (Phi) is 7.21. The number of unbranched alkanes of at least 4 members (excludes halogenated alkanes) is 1. The highest BCUT2D eigenvalue weighted by atomic mass is 16.5. The van der Waals surface area contributed by atoms with E-state index in [9.17, 15) is 4.79 Å². The van der Waals surface area contributed by atoms with Crippen molar-refractivity contribution in [1.82, 2.24) is 19.6 Å². The second-order valence-corrected chi connectivity index (χ2v) is 6.15. The zero-order chi connectivity index (χ0) is 17.4. The number of hydrogen-bond acceptors (Lipinski definition) is 4. The number of pyridine rings is 1. The van der Waals surface area contributed by atoms with Gasteiger partial charge in [0.05, 0.1) is 5.69 Å². The lowest BCUT2D eigenvalue weighted by molar-refractivity contribution is 0.0934. The van der Waals surface area contributed by atoms with Gasteiger partial charge in [-0.2, -0.15) is 0 Å². The number of amides is 1. The van der Waals surface area contributed by atoms with Crippen LogP contribution in [0.1, 0.15) is 42.4 Å². The molecule has 132 valence electrons. The Morgan fingerprint density at radius 1 is 1.29 bits per heavy atom. The molecular weight excluding hydrogens is 304 g/mol. The molecule has 0 bridgehead atoms. The van der Waals surface area contributed by atoms with Crippen LogP contribution in [-0.4, -0.2) is 54.0 Å². The molecule has 0 aromatic carbocycles. The lowest BCUT2D eigenvalue weighted by atomic mass is 10.3. The highest BCUT2D eigenvalue weighted by Gasteiger charge is 2.18. The van der Waals surface area contributed by atoms with Crippen LogP contribution < -0.4 is 5.32 Å². The van der Waals surface area contributed by atoms with Crippen molar-refractivity contribution in [3.8, 4) is 0 Å². The smallest absolute Gasteiger partial charge is 0.271 e. The Morgan fingerprint density at radius 2 is 2.08 bits per heavy atom. The summed E-state index contributed by atoms with van der Waals surface area (Å²) < 4.78 is 7.48. The van der Waals surface area contributed by atoms with Crippen molar-refractivity contribution in [3.63, 3.8) is 0 Å². The Balaban J connectivity index is 1.96. The maximum absolute atomic E-state index is 12.5. The number of ether oxygens (including phenoxy) is 1. The molecular formula is C18H28N4O2. The van der Waals surface area contributed by atoms with E-state index in [2.05, 4.69) is 17.2 Å². The molecule has 0 spiro atoms. The van der Waals surface area contributed by atoms with Crippen molar-refractivity contribution >= 4 is 11.6 Å². The maximum Gasteiger partial charge on any atom is 0.271 e. The van der Waals surface area contributed by atoms with Gasteiger partial charge in [0.15, 0.2) is 5.69 Å². The monoisotopic (exact) mass is 332 g/mol. The van der Waals surface area contributed by atoms with E-state index < -0.39 is 0 Å². The number of carbonyl (C=O) groups is 1. The van der Waals surface area contributed by atoms with Crippen LogP contribution in [0.5, 0.6) is 0 Å². The summed E-state index contributed by atoms with van der Waals surface area (Å²) in [4.78, 5) is 19.0. The van der Waals surface area contributed by atoms with Gasteiger partial charge in [0.2, 0.25) is 0 Å². The molecule has 0 saturated carbocycles. The highest BCUT2D eigenvalue weighted by molar-refractivity contribution is 5.94. The second kappa shape index (κ2) is 9.39. The zero-order valence-electron chi connectivity index (χ0n) is 14.9. The molecule has 0 atom stereocenters. The molecule has 2 aromatic rings. The molecule has 6 heteroatoms. The van der Waals surface area contributed by atoms with Crippen molar-refractivity contribution in [2.75, 3.05) is 33.9 Å². The summed E-state index contributed by atoms with van der Waals surface area (Å²) in [6.07, 6.45) is 4.98. The van der Waals surface area contributed by atoms with E-state index in [1.165, 1.54) is 0 Å². The van der Waals surface area contributed by atoms with E-state index in [1.807, 2.05) is 47.8 Å². The minimum absolute atomic E-state index is 0.121. The van der Waals surface area contributed by atoms with Crippen molar-refractivity contribution in [2.45, 2.75) is 32.7 Å². The first-order chi connectivity index (χ1) is 11.6. The van der Waals surface area contributed by atoms with E-state index in [0.29, 0.717) is 25.4 Å². The number of carbonyl (C=O) groups excluding carboxylic acids is 1. The average Bonchev–Trinajstić information content (AvgIpc) is 2.92. The minimum Gasteiger partial charge on any atom is -0.381 e. The summed E-state index contributed by atoms with van der Waals surface area (Å²) in [5.74, 6) is -0.121. The van der Waals surface area contributed by atoms with Crippen molar-refractivity contribution in [2.24, 2.45) is 0 Å². The van der Waals surface area contributed by atoms with Gasteiger partial charge in [-0.3, -0.25) is 4.79 Å². The molecule has 2 heterocycles. The Bertz CT molecular complexity index is 652. The fraction of sp³-hybridized carbons (Fsp3) is 0.556. The maximum atomic E-state index is 12.5. The van der Waals surface area contributed by atoms with Crippen LogP contribution in [0, 0.1) is 0 Å². The van der Waals surface area contributed by atoms with Crippen molar-refractivity contribution in [3.05, 3.63) is 35.8 Å². The molecule has 0 aliphatic carbocycles. The second-order valence-electron chi connectivity index (χ2n) is 6.15. The molecule has 2 aromatic heterocycles. The number of nitrogens with one attached hydrogen (secondary N) is 1. The zero-order valence-corrected chi connectivity index (χ0v) is 14.9. The topological polar surface area (TPSA) is 58.9 Å². The fourth-order valence-corrected chi connectivity index (χ4v) is 2.49. The van der Waals surface area contributed by atoms with E-state index in [-0.39, 0.29) is 5.91 Å². The van der Waals surface area contributed by atoms with Crippen LogP contribution in [0.2, 0.25) is 0 Å². The minimum atomic E-state index is -0.121. The predicted molar refractivity (Wildman–Crippen MR) is 95.3 cm³/mol. The van der Waals surface area contributed by atoms with Crippen LogP contribution in [0.3, 0.4) is 0 Å². The molecule has 0 saturated heterocycles. The van der Waals surface area contributed by atoms with Gasteiger partial charge in [0.25, 0.3) is 5.91 Å². The number of fused-ring (bicyclic) bond motifs is 1. The van der Waals surface area contributed by atoms with Crippen LogP contribution in [0.15, 0.2) is 24.4 Å². The summed E-state index contributed by atoms with van der Waals surface area (Å²) in [6, 6.07) is 5.79. The Morgan fingerprint density at radius 3 is 2.83 bits per heavy atom. The van der Waals surface area contributed by atoms with Crippen LogP contribution in [0.4, 0.5) is 0 Å². The fourth-order valence-electron chi connectivity index (χ4n) is 2.49. The Labute approximate surface area is 143 Å². The normalized spacial score (nSPS) is 11.3. The third-order valence-electron chi connectivity index (χ3n) is 3.70. The summed E-state index contributed by atoms with van der Waals surface area (Å²) in [5, 5.41) is 2.95. The lowest BCUT2D eigenvalue weighted by Gasteiger charge is -2.11. The van der Waals surface area contributed by atoms with Gasteiger partial charge in [-0.25, -0.2) is 4.98 Å². The third kappa shape index (κ3) is 5.04. The first-order valence-electron chi connectivity index (χ1n) is 8.60. The summed E-state index contributed by atoms with van der Waals surface area (Å²) in [7, 11) is 3.97. The molecule has 1 N–H and O–H groups in total. The summed E-state index contributed by atoms with van der Waals surface area (Å²) in [6.45, 7) is 4.87. The molecule has 0 aliphatic heterocycles. The third-order valence-corrected chi connectivity index (χ3v) is 3.70. The molecule has 6 nitrogen and oxygen atoms in total. The standard InChI is InChI=1S/C18H28N4O2/c1-4-5-12-24-13-8-10-19-18(23)17-15(14-21(2)3)22-11-7-6-9-16(22)20-17/h6-7,9,11H,4-5,8,10,12-14H2,1-3H3,(H,19,23). The number of nitrogens with zero attached hydrogens (tertiary/aromatic N) is 3. The quantitative estimate of drug-likeness (QED) is 0.679. The Hall–Kier alpha value is -1.92. The van der Waals surface area contributed by atoms with Crippen LogP contribution >= 0.6 is 0 Å². The number of imidazole rings is 1. The number of aromatic nitrogens is 2. The first-order valence-corrected chi connectivity index (χ1v) is 8.60. The highest BCUT2D eigenvalue weighted by Crippen LogP contribution is 2.14. The number of hydrogen-bond donors (Lipinski definition) is 1. The van der Waals surface area contributed by atoms with E-state index in [0.717, 1.165) is 37.2 Å². The van der Waals surface area contributed by atoms with Crippen molar-refractivity contribution < 1.29 is 9.53 Å². The molecule has 0 radical (unpaired) electrons. The number of rotatable bonds is 10. The molecule has 2 rings (SSSR count). The van der Waals surface area contributed by atoms with Crippen LogP contribution in [-0.2, 0) is 11.3 Å². The molecule has 0 fully saturated rings. The molecule has 0 unspecified atom stereocenters. The van der Waals surface area contributed by atoms with Crippen LogP contribution in [0.25, 0.3) is 5.65 Å². The van der Waals surface area contributed by atoms with E-state index in [4.69, 9.17) is 4.74 Å². The van der Waals surface area contributed by atoms with Gasteiger partial charge in [0, 0.05) is 32.5 Å². The molecule has 0 aliphatic rings. The average molecular weight is 332 g/mol. The van der Waals surface area contributed by atoms with Gasteiger partial charge in [0.1, 0.15) is 5.65 Å². The predicted octanol–water partition coefficient (Wildman–Crippen LogP) is 2.33. The van der Waals surface area contributed by atoms with E-state index in [1.54, 1.807) is 0 Å². The van der Waals surface area contributed by atoms with Gasteiger partial charge in [-0.15, -0.1) is 0 Å².